The third-order valence-electron chi connectivity index (χ3n) is 4.88. The normalized spacial score (nSPS) is 25.6. The fraction of sp³-hybridized carbons (Fsp3) is 0.625. The van der Waals surface area contributed by atoms with Crippen molar-refractivity contribution < 1.29 is 9.84 Å². The molecule has 0 bridgehead atoms. The predicted molar refractivity (Wildman–Crippen MR) is 74.0 cm³/mol. The van der Waals surface area contributed by atoms with E-state index in [0.29, 0.717) is 0 Å². The van der Waals surface area contributed by atoms with Crippen LogP contribution in [0.3, 0.4) is 0 Å². The lowest BCUT2D eigenvalue weighted by molar-refractivity contribution is -0.159. The van der Waals surface area contributed by atoms with Crippen LogP contribution in [0.1, 0.15) is 44.2 Å². The molecule has 0 aliphatic heterocycles. The molecule has 1 fully saturated rings. The van der Waals surface area contributed by atoms with E-state index < -0.39 is 0 Å². The zero-order valence-electron chi connectivity index (χ0n) is 11.9. The van der Waals surface area contributed by atoms with Gasteiger partial charge in [0.25, 0.3) is 0 Å². The maximum Gasteiger partial charge on any atom is 0.122 e. The predicted octanol–water partition coefficient (Wildman–Crippen LogP) is 3.62. The van der Waals surface area contributed by atoms with Gasteiger partial charge in [-0.25, -0.2) is 0 Å². The molecular formula is C16H24O2. The highest BCUT2D eigenvalue weighted by Crippen LogP contribution is 2.49. The molecule has 0 amide bonds. The molecule has 0 aromatic heterocycles. The van der Waals surface area contributed by atoms with Crippen LogP contribution in [0.4, 0.5) is 0 Å². The van der Waals surface area contributed by atoms with Crippen LogP contribution in [0.25, 0.3) is 0 Å². The second-order valence-electron chi connectivity index (χ2n) is 5.50. The first-order valence-electron chi connectivity index (χ1n) is 6.96. The lowest BCUT2D eigenvalue weighted by atomic mass is 9.60. The molecule has 1 aromatic carbocycles. The average Bonchev–Trinajstić information content (AvgIpc) is 2.36. The van der Waals surface area contributed by atoms with Crippen molar-refractivity contribution in [2.24, 2.45) is 5.41 Å². The number of hydrogen-bond acceptors (Lipinski definition) is 2. The van der Waals surface area contributed by atoms with Crippen molar-refractivity contribution in [3.8, 4) is 5.75 Å². The summed E-state index contributed by atoms with van der Waals surface area (Å²) < 4.78 is 6.17. The maximum atomic E-state index is 10.1. The van der Waals surface area contributed by atoms with Crippen LogP contribution >= 0.6 is 0 Å². The molecule has 1 saturated carbocycles. The fourth-order valence-electron chi connectivity index (χ4n) is 3.07. The van der Waals surface area contributed by atoms with Crippen LogP contribution in [-0.4, -0.2) is 17.3 Å². The number of benzene rings is 1. The zero-order chi connectivity index (χ0) is 13.3. The van der Waals surface area contributed by atoms with E-state index in [1.165, 1.54) is 11.1 Å². The highest BCUT2D eigenvalue weighted by atomic mass is 16.5. The van der Waals surface area contributed by atoms with Gasteiger partial charge in [-0.2, -0.15) is 0 Å². The topological polar surface area (TPSA) is 29.5 Å². The first kappa shape index (κ1) is 13.4. The summed E-state index contributed by atoms with van der Waals surface area (Å²) in [6.45, 7) is 8.49. The fourth-order valence-corrected chi connectivity index (χ4v) is 3.07. The standard InChI is InChI=1S/C16H24O2/c1-5-16(6-2)14(17)10-15(16)18-13-9-7-8-11(3)12(13)4/h7-9,14-15,17H,5-6,10H2,1-4H3. The van der Waals surface area contributed by atoms with Gasteiger partial charge in [-0.05, 0) is 43.9 Å². The molecule has 2 heteroatoms. The molecule has 2 rings (SSSR count). The third kappa shape index (κ3) is 1.93. The average molecular weight is 248 g/mol. The zero-order valence-corrected chi connectivity index (χ0v) is 11.9. The SMILES string of the molecule is CCC1(CC)C(O)CC1Oc1cccc(C)c1C. The Morgan fingerprint density at radius 3 is 2.50 bits per heavy atom. The smallest absolute Gasteiger partial charge is 0.122 e. The van der Waals surface area contributed by atoms with Gasteiger partial charge in [-0.15, -0.1) is 0 Å². The molecule has 2 atom stereocenters. The van der Waals surface area contributed by atoms with Crippen molar-refractivity contribution in [2.75, 3.05) is 0 Å². The minimum atomic E-state index is -0.206. The summed E-state index contributed by atoms with van der Waals surface area (Å²) in [5.41, 5.74) is 2.42. The minimum absolute atomic E-state index is 0.0455. The van der Waals surface area contributed by atoms with E-state index in [4.69, 9.17) is 4.74 Å². The van der Waals surface area contributed by atoms with E-state index in [-0.39, 0.29) is 17.6 Å². The van der Waals surface area contributed by atoms with E-state index >= 15 is 0 Å². The Labute approximate surface area is 110 Å². The van der Waals surface area contributed by atoms with Gasteiger partial charge in [0.1, 0.15) is 11.9 Å². The lowest BCUT2D eigenvalue weighted by Crippen LogP contribution is -2.59. The number of ether oxygens (including phenoxy) is 1. The van der Waals surface area contributed by atoms with Crippen molar-refractivity contribution in [3.63, 3.8) is 0 Å². The van der Waals surface area contributed by atoms with E-state index in [0.717, 1.165) is 25.0 Å². The monoisotopic (exact) mass is 248 g/mol. The summed E-state index contributed by atoms with van der Waals surface area (Å²) in [6, 6.07) is 6.17. The molecule has 0 radical (unpaired) electrons. The first-order chi connectivity index (χ1) is 8.55. The molecule has 0 saturated heterocycles. The van der Waals surface area contributed by atoms with Crippen LogP contribution in [0.15, 0.2) is 18.2 Å². The Kier molecular flexibility index (Phi) is 3.67. The number of hydrogen-bond donors (Lipinski definition) is 1. The Bertz CT molecular complexity index is 421. The molecule has 1 aliphatic rings. The van der Waals surface area contributed by atoms with Crippen LogP contribution in [-0.2, 0) is 0 Å². The van der Waals surface area contributed by atoms with Gasteiger partial charge in [-0.1, -0.05) is 26.0 Å². The molecule has 2 nitrogen and oxygen atoms in total. The summed E-state index contributed by atoms with van der Waals surface area (Å²) in [6.07, 6.45) is 2.65. The van der Waals surface area contributed by atoms with Crippen LogP contribution in [0.5, 0.6) is 5.75 Å². The van der Waals surface area contributed by atoms with Gasteiger partial charge >= 0.3 is 0 Å². The molecule has 0 spiro atoms. The molecule has 0 heterocycles. The second kappa shape index (κ2) is 4.93. The lowest BCUT2D eigenvalue weighted by Gasteiger charge is -2.52. The Balaban J connectivity index is 2.18. The summed E-state index contributed by atoms with van der Waals surface area (Å²) in [5.74, 6) is 0.971. The molecule has 100 valence electrons. The number of aryl methyl sites for hydroxylation is 1. The van der Waals surface area contributed by atoms with Gasteiger partial charge < -0.3 is 9.84 Å². The minimum Gasteiger partial charge on any atom is -0.489 e. The molecule has 18 heavy (non-hydrogen) atoms. The third-order valence-corrected chi connectivity index (χ3v) is 4.88. The highest BCUT2D eigenvalue weighted by Gasteiger charge is 2.53. The van der Waals surface area contributed by atoms with Crippen molar-refractivity contribution in [3.05, 3.63) is 29.3 Å². The van der Waals surface area contributed by atoms with Crippen LogP contribution in [0.2, 0.25) is 0 Å². The number of aliphatic hydroxyl groups excluding tert-OH is 1. The number of rotatable bonds is 4. The van der Waals surface area contributed by atoms with Crippen LogP contribution in [0, 0.1) is 19.3 Å². The Morgan fingerprint density at radius 2 is 1.94 bits per heavy atom. The molecule has 1 N–H and O–H groups in total. The van der Waals surface area contributed by atoms with Gasteiger partial charge in [0, 0.05) is 11.8 Å². The van der Waals surface area contributed by atoms with Gasteiger partial charge in [-0.3, -0.25) is 0 Å². The Hall–Kier alpha value is -1.02. The Morgan fingerprint density at radius 1 is 1.28 bits per heavy atom. The summed E-state index contributed by atoms with van der Waals surface area (Å²) in [4.78, 5) is 0. The van der Waals surface area contributed by atoms with E-state index in [1.807, 2.05) is 12.1 Å². The molecule has 1 aromatic rings. The van der Waals surface area contributed by atoms with Crippen molar-refractivity contribution in [1.29, 1.82) is 0 Å². The van der Waals surface area contributed by atoms with Crippen molar-refractivity contribution in [1.82, 2.24) is 0 Å². The summed E-state index contributed by atoms with van der Waals surface area (Å²) in [5, 5.41) is 10.1. The highest BCUT2D eigenvalue weighted by molar-refractivity contribution is 5.38. The second-order valence-corrected chi connectivity index (χ2v) is 5.50. The van der Waals surface area contributed by atoms with Gasteiger partial charge in [0.2, 0.25) is 0 Å². The van der Waals surface area contributed by atoms with Gasteiger partial charge in [0.15, 0.2) is 0 Å². The molecule has 2 unspecified atom stereocenters. The summed E-state index contributed by atoms with van der Waals surface area (Å²) >= 11 is 0. The first-order valence-corrected chi connectivity index (χ1v) is 6.96. The van der Waals surface area contributed by atoms with Crippen molar-refractivity contribution >= 4 is 0 Å². The van der Waals surface area contributed by atoms with E-state index in [2.05, 4.69) is 33.8 Å². The largest absolute Gasteiger partial charge is 0.489 e. The number of aliphatic hydroxyl groups is 1. The quantitative estimate of drug-likeness (QED) is 0.881. The van der Waals surface area contributed by atoms with Gasteiger partial charge in [0.05, 0.1) is 6.10 Å². The van der Waals surface area contributed by atoms with Crippen molar-refractivity contribution in [2.45, 2.75) is 59.2 Å². The van der Waals surface area contributed by atoms with E-state index in [1.54, 1.807) is 0 Å². The molecule has 1 aliphatic carbocycles. The maximum absolute atomic E-state index is 10.1. The van der Waals surface area contributed by atoms with Crippen LogP contribution < -0.4 is 4.74 Å². The molecular weight excluding hydrogens is 224 g/mol. The van der Waals surface area contributed by atoms with E-state index in [9.17, 15) is 5.11 Å². The summed E-state index contributed by atoms with van der Waals surface area (Å²) in [7, 11) is 0.